The van der Waals surface area contributed by atoms with E-state index in [0.29, 0.717) is 0 Å². The summed E-state index contributed by atoms with van der Waals surface area (Å²) in [4.78, 5) is 5.32. The van der Waals surface area contributed by atoms with Gasteiger partial charge in [0.2, 0.25) is 0 Å². The highest BCUT2D eigenvalue weighted by atomic mass is 35.5. The van der Waals surface area contributed by atoms with E-state index in [1.165, 1.54) is 63.7 Å². The molecule has 2 aliphatic carbocycles. The largest absolute Gasteiger partial charge is 0.457 e. The van der Waals surface area contributed by atoms with Crippen molar-refractivity contribution in [1.82, 2.24) is 9.80 Å². The summed E-state index contributed by atoms with van der Waals surface area (Å²) in [5.74, 6) is 2.78. The van der Waals surface area contributed by atoms with Crippen molar-refractivity contribution < 1.29 is 9.84 Å². The fourth-order valence-electron chi connectivity index (χ4n) is 6.64. The SMILES string of the molecule is Cl.Cl.OC1(C(CN2CCN(CC3CCCCC3)CC2)c2ccc(Oc3ccccc3)cc2)CCCCC1. The van der Waals surface area contributed by atoms with Gasteiger partial charge >= 0.3 is 0 Å². The van der Waals surface area contributed by atoms with Crippen molar-refractivity contribution in [2.75, 3.05) is 39.3 Å². The van der Waals surface area contributed by atoms with E-state index in [9.17, 15) is 5.11 Å². The summed E-state index contributed by atoms with van der Waals surface area (Å²) >= 11 is 0. The van der Waals surface area contributed by atoms with Crippen LogP contribution in [0.5, 0.6) is 11.5 Å². The second kappa shape index (κ2) is 14.7. The molecule has 2 aromatic rings. The molecule has 1 aliphatic heterocycles. The van der Waals surface area contributed by atoms with Gasteiger partial charge in [0.1, 0.15) is 11.5 Å². The zero-order chi connectivity index (χ0) is 23.9. The van der Waals surface area contributed by atoms with Crippen molar-refractivity contribution in [3.63, 3.8) is 0 Å². The van der Waals surface area contributed by atoms with E-state index in [4.69, 9.17) is 4.74 Å². The molecule has 1 N–H and O–H groups in total. The Hall–Kier alpha value is -1.30. The van der Waals surface area contributed by atoms with Crippen LogP contribution in [0.15, 0.2) is 54.6 Å². The minimum absolute atomic E-state index is 0. The van der Waals surface area contributed by atoms with Gasteiger partial charge in [0.25, 0.3) is 0 Å². The van der Waals surface area contributed by atoms with Crippen molar-refractivity contribution in [1.29, 1.82) is 0 Å². The molecule has 6 heteroatoms. The Kier molecular flexibility index (Phi) is 12.1. The number of halogens is 2. The van der Waals surface area contributed by atoms with E-state index in [2.05, 4.69) is 34.1 Å². The van der Waals surface area contributed by atoms with E-state index >= 15 is 0 Å². The minimum atomic E-state index is -0.598. The average Bonchev–Trinajstić information content (AvgIpc) is 2.90. The maximum atomic E-state index is 11.8. The van der Waals surface area contributed by atoms with Crippen LogP contribution in [0.1, 0.15) is 75.7 Å². The van der Waals surface area contributed by atoms with Gasteiger partial charge in [0, 0.05) is 45.2 Å². The molecule has 206 valence electrons. The Bertz CT molecular complexity index is 891. The van der Waals surface area contributed by atoms with Crippen molar-refractivity contribution in [3.8, 4) is 11.5 Å². The molecule has 5 rings (SSSR count). The van der Waals surface area contributed by atoms with E-state index < -0.39 is 5.60 Å². The number of nitrogens with zero attached hydrogens (tertiary/aromatic N) is 2. The lowest BCUT2D eigenvalue weighted by molar-refractivity contribution is -0.0346. The van der Waals surface area contributed by atoms with Gasteiger partial charge in [-0.25, -0.2) is 0 Å². The lowest BCUT2D eigenvalue weighted by atomic mass is 9.72. The molecule has 2 saturated carbocycles. The molecule has 1 unspecified atom stereocenters. The summed E-state index contributed by atoms with van der Waals surface area (Å²) in [6, 6.07) is 18.5. The van der Waals surface area contributed by atoms with Crippen molar-refractivity contribution in [2.45, 2.75) is 75.7 Å². The van der Waals surface area contributed by atoms with Gasteiger partial charge in [0.15, 0.2) is 0 Å². The van der Waals surface area contributed by atoms with Crippen LogP contribution < -0.4 is 4.74 Å². The molecule has 0 bridgehead atoms. The zero-order valence-electron chi connectivity index (χ0n) is 22.2. The maximum absolute atomic E-state index is 11.8. The number of piperazine rings is 1. The quantitative estimate of drug-likeness (QED) is 0.375. The van der Waals surface area contributed by atoms with Gasteiger partial charge in [-0.15, -0.1) is 24.8 Å². The number of rotatable bonds is 8. The van der Waals surface area contributed by atoms with Crippen LogP contribution in [0, 0.1) is 5.92 Å². The summed E-state index contributed by atoms with van der Waals surface area (Å²) in [5, 5.41) is 11.8. The first kappa shape index (κ1) is 30.2. The molecule has 0 spiro atoms. The number of benzene rings is 2. The number of ether oxygens (including phenoxy) is 1. The van der Waals surface area contributed by atoms with E-state index in [1.54, 1.807) is 0 Å². The molecule has 3 aliphatic rings. The Labute approximate surface area is 236 Å². The summed E-state index contributed by atoms with van der Waals surface area (Å²) in [7, 11) is 0. The van der Waals surface area contributed by atoms with Crippen LogP contribution in [0.4, 0.5) is 0 Å². The summed E-state index contributed by atoms with van der Waals surface area (Å²) in [6.45, 7) is 6.83. The van der Waals surface area contributed by atoms with Crippen molar-refractivity contribution >= 4 is 24.8 Å². The fraction of sp³-hybridized carbons (Fsp3) is 0.613. The lowest BCUT2D eigenvalue weighted by Crippen LogP contribution is -2.51. The number of para-hydroxylation sites is 1. The third kappa shape index (κ3) is 8.34. The standard InChI is InChI=1S/C31H44N2O2.2ClH/c34-31(18-8-3-9-19-31)30(27-14-16-29(17-15-27)35-28-12-6-2-7-13-28)25-33-22-20-32(21-23-33)24-26-10-4-1-5-11-26;;/h2,6-7,12-17,26,30,34H,1,3-5,8-11,18-25H2;2*1H. The van der Waals surface area contributed by atoms with Crippen LogP contribution in [0.25, 0.3) is 0 Å². The lowest BCUT2D eigenvalue weighted by Gasteiger charge is -2.44. The first-order valence-electron chi connectivity index (χ1n) is 14.2. The van der Waals surface area contributed by atoms with Gasteiger partial charge in [0.05, 0.1) is 5.60 Å². The van der Waals surface area contributed by atoms with Crippen LogP contribution in [0.3, 0.4) is 0 Å². The minimum Gasteiger partial charge on any atom is -0.457 e. The van der Waals surface area contributed by atoms with Crippen molar-refractivity contribution in [2.24, 2.45) is 5.92 Å². The molecular formula is C31H46Cl2N2O2. The first-order chi connectivity index (χ1) is 17.2. The molecular weight excluding hydrogens is 503 g/mol. The van der Waals surface area contributed by atoms with Crippen LogP contribution in [-0.4, -0.2) is 59.8 Å². The number of hydrogen-bond donors (Lipinski definition) is 1. The smallest absolute Gasteiger partial charge is 0.127 e. The van der Waals surface area contributed by atoms with E-state index in [-0.39, 0.29) is 30.7 Å². The molecule has 0 radical (unpaired) electrons. The molecule has 1 saturated heterocycles. The van der Waals surface area contributed by atoms with E-state index in [0.717, 1.165) is 62.7 Å². The Morgan fingerprint density at radius 3 is 1.95 bits per heavy atom. The third-order valence-electron chi connectivity index (χ3n) is 8.78. The topological polar surface area (TPSA) is 35.9 Å². The highest BCUT2D eigenvalue weighted by Crippen LogP contribution is 2.41. The second-order valence-electron chi connectivity index (χ2n) is 11.3. The highest BCUT2D eigenvalue weighted by molar-refractivity contribution is 5.85. The first-order valence-corrected chi connectivity index (χ1v) is 14.2. The van der Waals surface area contributed by atoms with Crippen LogP contribution in [0.2, 0.25) is 0 Å². The predicted octanol–water partition coefficient (Wildman–Crippen LogP) is 7.30. The van der Waals surface area contributed by atoms with Crippen LogP contribution >= 0.6 is 24.8 Å². The average molecular weight is 550 g/mol. The van der Waals surface area contributed by atoms with Crippen LogP contribution in [-0.2, 0) is 0 Å². The molecule has 2 aromatic carbocycles. The Balaban J connectivity index is 0.00000190. The van der Waals surface area contributed by atoms with Gasteiger partial charge in [-0.2, -0.15) is 0 Å². The zero-order valence-corrected chi connectivity index (χ0v) is 23.9. The third-order valence-corrected chi connectivity index (χ3v) is 8.78. The normalized spacial score (nSPS) is 21.9. The van der Waals surface area contributed by atoms with E-state index in [1.807, 2.05) is 30.3 Å². The predicted molar refractivity (Wildman–Crippen MR) is 158 cm³/mol. The van der Waals surface area contributed by atoms with Gasteiger partial charge in [-0.1, -0.05) is 68.9 Å². The van der Waals surface area contributed by atoms with Gasteiger partial charge in [-0.05, 0) is 61.4 Å². The highest BCUT2D eigenvalue weighted by Gasteiger charge is 2.40. The molecule has 1 atom stereocenters. The Morgan fingerprint density at radius 1 is 0.730 bits per heavy atom. The second-order valence-corrected chi connectivity index (χ2v) is 11.3. The molecule has 0 amide bonds. The summed E-state index contributed by atoms with van der Waals surface area (Å²) < 4.78 is 6.03. The summed E-state index contributed by atoms with van der Waals surface area (Å²) in [6.07, 6.45) is 12.5. The molecule has 3 fully saturated rings. The molecule has 0 aromatic heterocycles. The molecule has 37 heavy (non-hydrogen) atoms. The molecule has 4 nitrogen and oxygen atoms in total. The van der Waals surface area contributed by atoms with Gasteiger partial charge < -0.3 is 19.6 Å². The fourth-order valence-corrected chi connectivity index (χ4v) is 6.64. The Morgan fingerprint density at radius 2 is 1.30 bits per heavy atom. The monoisotopic (exact) mass is 548 g/mol. The van der Waals surface area contributed by atoms with Gasteiger partial charge in [-0.3, -0.25) is 0 Å². The number of aliphatic hydroxyl groups is 1. The number of hydrogen-bond acceptors (Lipinski definition) is 4. The molecule has 1 heterocycles. The maximum Gasteiger partial charge on any atom is 0.127 e. The summed E-state index contributed by atoms with van der Waals surface area (Å²) in [5.41, 5.74) is 0.652. The van der Waals surface area contributed by atoms with Crippen molar-refractivity contribution in [3.05, 3.63) is 60.2 Å².